The van der Waals surface area contributed by atoms with Crippen molar-refractivity contribution in [2.75, 3.05) is 18.5 Å². The molecule has 29 heavy (non-hydrogen) atoms. The van der Waals surface area contributed by atoms with Crippen molar-refractivity contribution >= 4 is 11.6 Å². The molecule has 1 heterocycles. The lowest BCUT2D eigenvalue weighted by atomic mass is 9.93. The fourth-order valence-corrected chi connectivity index (χ4v) is 4.05. The Morgan fingerprint density at radius 1 is 0.931 bits per heavy atom. The van der Waals surface area contributed by atoms with Gasteiger partial charge in [-0.3, -0.25) is 4.79 Å². The highest BCUT2D eigenvalue weighted by Crippen LogP contribution is 2.41. The number of para-hydroxylation sites is 2. The first-order valence-corrected chi connectivity index (χ1v) is 10.1. The van der Waals surface area contributed by atoms with Gasteiger partial charge in [0.1, 0.15) is 11.4 Å². The molecule has 0 spiro atoms. The average Bonchev–Trinajstić information content (AvgIpc) is 2.75. The minimum atomic E-state index is -0.691. The van der Waals surface area contributed by atoms with Gasteiger partial charge in [0.15, 0.2) is 0 Å². The van der Waals surface area contributed by atoms with Gasteiger partial charge in [-0.05, 0) is 37.6 Å². The van der Waals surface area contributed by atoms with E-state index >= 15 is 0 Å². The fourth-order valence-electron chi connectivity index (χ4n) is 4.05. The van der Waals surface area contributed by atoms with Crippen molar-refractivity contribution in [1.82, 2.24) is 4.90 Å². The van der Waals surface area contributed by atoms with Gasteiger partial charge in [-0.1, -0.05) is 60.7 Å². The zero-order valence-corrected chi connectivity index (χ0v) is 16.9. The summed E-state index contributed by atoms with van der Waals surface area (Å²) in [7, 11) is 0. The minimum Gasteiger partial charge on any atom is -0.493 e. The minimum absolute atomic E-state index is 0.0310. The van der Waals surface area contributed by atoms with Crippen LogP contribution in [-0.4, -0.2) is 24.0 Å². The Morgan fingerprint density at radius 2 is 1.62 bits per heavy atom. The monoisotopic (exact) mass is 386 g/mol. The number of ether oxygens (including phenoxy) is 1. The second-order valence-corrected chi connectivity index (χ2v) is 7.37. The highest BCUT2D eigenvalue weighted by molar-refractivity contribution is 6.02. The quantitative estimate of drug-likeness (QED) is 0.643. The van der Waals surface area contributed by atoms with Gasteiger partial charge in [0.2, 0.25) is 0 Å². The second kappa shape index (κ2) is 8.00. The molecule has 0 radical (unpaired) electrons. The van der Waals surface area contributed by atoms with E-state index in [9.17, 15) is 4.79 Å². The number of fused-ring (bicyclic) bond motifs is 1. The van der Waals surface area contributed by atoms with Crippen LogP contribution in [-0.2, 0) is 12.1 Å². The Balaban J connectivity index is 1.64. The molecular formula is C25H26N2O2. The van der Waals surface area contributed by atoms with E-state index in [0.29, 0.717) is 18.7 Å². The van der Waals surface area contributed by atoms with E-state index in [1.807, 2.05) is 85.5 Å². The lowest BCUT2D eigenvalue weighted by Crippen LogP contribution is -2.55. The normalized spacial score (nSPS) is 18.1. The van der Waals surface area contributed by atoms with Crippen LogP contribution in [0.5, 0.6) is 5.75 Å². The molecule has 0 fully saturated rings. The van der Waals surface area contributed by atoms with Crippen molar-refractivity contribution in [3.63, 3.8) is 0 Å². The molecule has 0 aromatic heterocycles. The molecule has 3 aromatic carbocycles. The summed E-state index contributed by atoms with van der Waals surface area (Å²) in [5.41, 5.74) is 3.06. The van der Waals surface area contributed by atoms with Gasteiger partial charge >= 0.3 is 0 Å². The van der Waals surface area contributed by atoms with Crippen LogP contribution in [0.1, 0.15) is 35.3 Å². The lowest BCUT2D eigenvalue weighted by Gasteiger charge is -2.46. The first-order valence-electron chi connectivity index (χ1n) is 10.1. The Labute approximate surface area is 172 Å². The number of nitrogens with zero attached hydrogens (tertiary/aromatic N) is 1. The molecular weight excluding hydrogens is 360 g/mol. The number of hydrogen-bond donors (Lipinski definition) is 1. The molecule has 3 aromatic rings. The SMILES string of the molecule is CCN1C(=O)c2ccccc2NC1(C)c1ccccc1OCCc1ccccc1. The summed E-state index contributed by atoms with van der Waals surface area (Å²) in [4.78, 5) is 15.1. The van der Waals surface area contributed by atoms with E-state index in [1.54, 1.807) is 0 Å². The van der Waals surface area contributed by atoms with Crippen LogP contribution in [0.15, 0.2) is 78.9 Å². The first-order chi connectivity index (χ1) is 14.1. The molecule has 1 unspecified atom stereocenters. The van der Waals surface area contributed by atoms with Crippen molar-refractivity contribution in [2.24, 2.45) is 0 Å². The Bertz CT molecular complexity index is 1000. The standard InChI is InChI=1S/C25H26N2O2/c1-3-27-24(28)20-13-7-9-15-22(20)26-25(27,2)21-14-8-10-16-23(21)29-18-17-19-11-5-4-6-12-19/h4-16,26H,3,17-18H2,1-2H3. The summed E-state index contributed by atoms with van der Waals surface area (Å²) in [6, 6.07) is 26.0. The van der Waals surface area contributed by atoms with Gasteiger partial charge in [-0.15, -0.1) is 0 Å². The largest absolute Gasteiger partial charge is 0.493 e. The van der Waals surface area contributed by atoms with Crippen molar-refractivity contribution in [1.29, 1.82) is 0 Å². The Kier molecular flexibility index (Phi) is 5.26. The zero-order chi connectivity index (χ0) is 20.3. The van der Waals surface area contributed by atoms with E-state index in [4.69, 9.17) is 4.74 Å². The van der Waals surface area contributed by atoms with Gasteiger partial charge in [-0.25, -0.2) is 0 Å². The molecule has 1 N–H and O–H groups in total. The van der Waals surface area contributed by atoms with Crippen molar-refractivity contribution in [3.05, 3.63) is 95.6 Å². The van der Waals surface area contributed by atoms with Gasteiger partial charge in [0, 0.05) is 24.2 Å². The third kappa shape index (κ3) is 3.58. The summed E-state index contributed by atoms with van der Waals surface area (Å²) < 4.78 is 6.20. The third-order valence-corrected chi connectivity index (χ3v) is 5.54. The maximum absolute atomic E-state index is 13.2. The molecule has 1 atom stereocenters. The van der Waals surface area contributed by atoms with E-state index in [1.165, 1.54) is 5.56 Å². The van der Waals surface area contributed by atoms with Gasteiger partial charge in [0.25, 0.3) is 5.91 Å². The molecule has 1 aliphatic heterocycles. The van der Waals surface area contributed by atoms with Crippen molar-refractivity contribution < 1.29 is 9.53 Å². The summed E-state index contributed by atoms with van der Waals surface area (Å²) in [5, 5.41) is 3.59. The molecule has 0 aliphatic carbocycles. The topological polar surface area (TPSA) is 41.6 Å². The van der Waals surface area contributed by atoms with E-state index in [0.717, 1.165) is 23.4 Å². The van der Waals surface area contributed by atoms with Crippen LogP contribution >= 0.6 is 0 Å². The molecule has 0 saturated carbocycles. The predicted molar refractivity (Wildman–Crippen MR) is 116 cm³/mol. The molecule has 4 nitrogen and oxygen atoms in total. The van der Waals surface area contributed by atoms with Gasteiger partial charge < -0.3 is 15.0 Å². The van der Waals surface area contributed by atoms with Crippen LogP contribution in [0, 0.1) is 0 Å². The number of carbonyl (C=O) groups excluding carboxylic acids is 1. The lowest BCUT2D eigenvalue weighted by molar-refractivity contribution is 0.0547. The van der Waals surface area contributed by atoms with Crippen LogP contribution in [0.2, 0.25) is 0 Å². The highest BCUT2D eigenvalue weighted by atomic mass is 16.5. The maximum atomic E-state index is 13.2. The van der Waals surface area contributed by atoms with Crippen LogP contribution in [0.3, 0.4) is 0 Å². The average molecular weight is 386 g/mol. The fraction of sp³-hybridized carbons (Fsp3) is 0.240. The highest BCUT2D eigenvalue weighted by Gasteiger charge is 2.43. The molecule has 148 valence electrons. The van der Waals surface area contributed by atoms with Crippen molar-refractivity contribution in [2.45, 2.75) is 25.9 Å². The summed E-state index contributed by atoms with van der Waals surface area (Å²) >= 11 is 0. The Hall–Kier alpha value is -3.27. The zero-order valence-electron chi connectivity index (χ0n) is 16.9. The maximum Gasteiger partial charge on any atom is 0.258 e. The second-order valence-electron chi connectivity index (χ2n) is 7.37. The molecule has 0 saturated heterocycles. The number of benzene rings is 3. The number of hydrogen-bond acceptors (Lipinski definition) is 3. The van der Waals surface area contributed by atoms with Crippen LogP contribution in [0.4, 0.5) is 5.69 Å². The molecule has 1 aliphatic rings. The summed E-state index contributed by atoms with van der Waals surface area (Å²) in [6.45, 7) is 5.22. The molecule has 4 heteroatoms. The molecule has 1 amide bonds. The Morgan fingerprint density at radius 3 is 2.41 bits per heavy atom. The predicted octanol–water partition coefficient (Wildman–Crippen LogP) is 5.07. The number of rotatable bonds is 6. The number of nitrogens with one attached hydrogen (secondary N) is 1. The molecule has 0 bridgehead atoms. The summed E-state index contributed by atoms with van der Waals surface area (Å²) in [6.07, 6.45) is 0.832. The van der Waals surface area contributed by atoms with Gasteiger partial charge in [0.05, 0.1) is 12.2 Å². The third-order valence-electron chi connectivity index (χ3n) is 5.54. The van der Waals surface area contributed by atoms with E-state index < -0.39 is 5.66 Å². The smallest absolute Gasteiger partial charge is 0.258 e. The van der Waals surface area contributed by atoms with Gasteiger partial charge in [-0.2, -0.15) is 0 Å². The van der Waals surface area contributed by atoms with Crippen molar-refractivity contribution in [3.8, 4) is 5.75 Å². The summed E-state index contributed by atoms with van der Waals surface area (Å²) in [5.74, 6) is 0.826. The molecule has 4 rings (SSSR count). The van der Waals surface area contributed by atoms with E-state index in [-0.39, 0.29) is 5.91 Å². The number of anilines is 1. The van der Waals surface area contributed by atoms with Crippen LogP contribution < -0.4 is 10.1 Å². The first kappa shape index (κ1) is 19.1. The number of carbonyl (C=O) groups is 1. The van der Waals surface area contributed by atoms with E-state index in [2.05, 4.69) is 17.4 Å². The van der Waals surface area contributed by atoms with Crippen LogP contribution in [0.25, 0.3) is 0 Å². The number of amides is 1.